The summed E-state index contributed by atoms with van der Waals surface area (Å²) in [6, 6.07) is 11.3. The number of carbonyl (C=O) groups is 1. The molecule has 1 N–H and O–H groups in total. The van der Waals surface area contributed by atoms with Gasteiger partial charge in [-0.3, -0.25) is 4.79 Å². The Kier molecular flexibility index (Phi) is 4.69. The van der Waals surface area contributed by atoms with Gasteiger partial charge in [0.05, 0.1) is 12.2 Å². The highest BCUT2D eigenvalue weighted by Gasteiger charge is 2.34. The van der Waals surface area contributed by atoms with Gasteiger partial charge < -0.3 is 14.7 Å². The summed E-state index contributed by atoms with van der Waals surface area (Å²) in [6.45, 7) is 2.99. The van der Waals surface area contributed by atoms with Gasteiger partial charge in [-0.25, -0.2) is 4.39 Å². The van der Waals surface area contributed by atoms with E-state index in [1.54, 1.807) is 4.90 Å². The quantitative estimate of drug-likeness (QED) is 0.878. The van der Waals surface area contributed by atoms with Gasteiger partial charge in [-0.05, 0) is 49.6 Å². The van der Waals surface area contributed by atoms with Crippen LogP contribution in [-0.4, -0.2) is 28.6 Å². The van der Waals surface area contributed by atoms with Crippen LogP contribution in [0.25, 0.3) is 0 Å². The molecule has 0 aromatic heterocycles. The van der Waals surface area contributed by atoms with E-state index in [0.29, 0.717) is 13.2 Å². The van der Waals surface area contributed by atoms with Gasteiger partial charge in [0, 0.05) is 18.7 Å². The molecule has 0 bridgehead atoms. The van der Waals surface area contributed by atoms with Crippen molar-refractivity contribution in [3.05, 3.63) is 59.4 Å². The average Bonchev–Trinajstić information content (AvgIpc) is 3.39. The fraction of sp³-hybridized carbons (Fsp3) is 0.316. The van der Waals surface area contributed by atoms with Crippen LogP contribution in [-0.2, 0) is 6.54 Å². The number of aromatic hydroxyl groups is 1. The number of nitrogens with zero attached hydrogens (tertiary/aromatic N) is 1. The number of hydrogen-bond acceptors (Lipinski definition) is 3. The third kappa shape index (κ3) is 3.67. The molecule has 3 rings (SSSR count). The lowest BCUT2D eigenvalue weighted by Crippen LogP contribution is -2.32. The minimum absolute atomic E-state index is 0.134. The zero-order chi connectivity index (χ0) is 17.1. The van der Waals surface area contributed by atoms with Crippen molar-refractivity contribution in [2.24, 2.45) is 0 Å². The van der Waals surface area contributed by atoms with Crippen molar-refractivity contribution >= 4 is 5.91 Å². The molecule has 1 fully saturated rings. The maximum atomic E-state index is 13.1. The van der Waals surface area contributed by atoms with E-state index in [1.807, 2.05) is 31.2 Å². The summed E-state index contributed by atoms with van der Waals surface area (Å²) in [4.78, 5) is 14.5. The lowest BCUT2D eigenvalue weighted by molar-refractivity contribution is 0.0727. The number of rotatable bonds is 6. The van der Waals surface area contributed by atoms with E-state index in [9.17, 15) is 14.3 Å². The highest BCUT2D eigenvalue weighted by Crippen LogP contribution is 2.32. The van der Waals surface area contributed by atoms with Gasteiger partial charge in [-0.2, -0.15) is 0 Å². The Morgan fingerprint density at radius 1 is 1.25 bits per heavy atom. The zero-order valence-electron chi connectivity index (χ0n) is 13.5. The molecular weight excluding hydrogens is 309 g/mol. The Labute approximate surface area is 140 Å². The van der Waals surface area contributed by atoms with Crippen LogP contribution in [0.15, 0.2) is 42.5 Å². The zero-order valence-corrected chi connectivity index (χ0v) is 13.5. The van der Waals surface area contributed by atoms with Crippen LogP contribution in [0.1, 0.15) is 35.7 Å². The summed E-state index contributed by atoms with van der Waals surface area (Å²) in [5.41, 5.74) is 1.12. The first-order valence-electron chi connectivity index (χ1n) is 8.09. The molecule has 0 heterocycles. The van der Waals surface area contributed by atoms with Crippen molar-refractivity contribution in [3.8, 4) is 11.5 Å². The van der Waals surface area contributed by atoms with Crippen LogP contribution >= 0.6 is 0 Å². The number of phenolic OH excluding ortho intramolecular Hbond substituents is 1. The Balaban J connectivity index is 1.78. The smallest absolute Gasteiger partial charge is 0.258 e. The topological polar surface area (TPSA) is 49.8 Å². The van der Waals surface area contributed by atoms with Crippen LogP contribution in [0.5, 0.6) is 11.5 Å². The molecule has 126 valence electrons. The first kappa shape index (κ1) is 16.3. The Morgan fingerprint density at radius 2 is 1.96 bits per heavy atom. The minimum Gasteiger partial charge on any atom is -0.507 e. The van der Waals surface area contributed by atoms with Gasteiger partial charge in [-0.15, -0.1) is 0 Å². The van der Waals surface area contributed by atoms with Crippen molar-refractivity contribution < 1.29 is 19.0 Å². The van der Waals surface area contributed by atoms with Crippen molar-refractivity contribution in [2.75, 3.05) is 6.61 Å². The SMILES string of the molecule is CCOc1ccc(CN(C(=O)c2ccc(F)cc2O)C2CC2)cc1. The van der Waals surface area contributed by atoms with Gasteiger partial charge in [-0.1, -0.05) is 12.1 Å². The number of halogens is 1. The molecule has 0 saturated heterocycles. The summed E-state index contributed by atoms with van der Waals surface area (Å²) in [5, 5.41) is 9.87. The van der Waals surface area contributed by atoms with Gasteiger partial charge in [0.2, 0.25) is 0 Å². The molecule has 0 atom stereocenters. The third-order valence-corrected chi connectivity index (χ3v) is 4.03. The van der Waals surface area contributed by atoms with E-state index in [0.717, 1.165) is 30.2 Å². The fourth-order valence-electron chi connectivity index (χ4n) is 2.65. The van der Waals surface area contributed by atoms with E-state index < -0.39 is 5.82 Å². The summed E-state index contributed by atoms with van der Waals surface area (Å²) in [7, 11) is 0. The molecule has 1 aliphatic rings. The molecule has 0 spiro atoms. The van der Waals surface area contributed by atoms with E-state index in [2.05, 4.69) is 0 Å². The van der Waals surface area contributed by atoms with E-state index in [-0.39, 0.29) is 23.3 Å². The average molecular weight is 329 g/mol. The lowest BCUT2D eigenvalue weighted by atomic mass is 10.1. The number of hydrogen-bond donors (Lipinski definition) is 1. The molecule has 0 aliphatic heterocycles. The van der Waals surface area contributed by atoms with Crippen LogP contribution in [0, 0.1) is 5.82 Å². The molecule has 2 aromatic rings. The molecule has 4 nitrogen and oxygen atoms in total. The van der Waals surface area contributed by atoms with Crippen molar-refractivity contribution in [1.29, 1.82) is 0 Å². The largest absolute Gasteiger partial charge is 0.507 e. The van der Waals surface area contributed by atoms with E-state index >= 15 is 0 Å². The maximum Gasteiger partial charge on any atom is 0.258 e. The highest BCUT2D eigenvalue weighted by atomic mass is 19.1. The van der Waals surface area contributed by atoms with Gasteiger partial charge in [0.1, 0.15) is 17.3 Å². The molecule has 1 saturated carbocycles. The first-order valence-corrected chi connectivity index (χ1v) is 8.09. The normalized spacial score (nSPS) is 13.6. The summed E-state index contributed by atoms with van der Waals surface area (Å²) in [6.07, 6.45) is 1.90. The van der Waals surface area contributed by atoms with Crippen LogP contribution in [0.4, 0.5) is 4.39 Å². The number of carbonyl (C=O) groups excluding carboxylic acids is 1. The summed E-state index contributed by atoms with van der Waals surface area (Å²) in [5.74, 6) is -0.364. The molecule has 24 heavy (non-hydrogen) atoms. The molecule has 0 unspecified atom stereocenters. The predicted molar refractivity (Wildman–Crippen MR) is 88.6 cm³/mol. The van der Waals surface area contributed by atoms with Gasteiger partial charge in [0.15, 0.2) is 0 Å². The monoisotopic (exact) mass is 329 g/mol. The molecule has 0 radical (unpaired) electrons. The van der Waals surface area contributed by atoms with Gasteiger partial charge >= 0.3 is 0 Å². The van der Waals surface area contributed by atoms with Crippen LogP contribution in [0.3, 0.4) is 0 Å². The van der Waals surface area contributed by atoms with E-state index in [4.69, 9.17) is 4.74 Å². The summed E-state index contributed by atoms with van der Waals surface area (Å²) >= 11 is 0. The highest BCUT2D eigenvalue weighted by molar-refractivity contribution is 5.97. The first-order chi connectivity index (χ1) is 11.6. The summed E-state index contributed by atoms with van der Waals surface area (Å²) < 4.78 is 18.6. The Morgan fingerprint density at radius 3 is 2.54 bits per heavy atom. The molecule has 1 aliphatic carbocycles. The third-order valence-electron chi connectivity index (χ3n) is 4.03. The Hall–Kier alpha value is -2.56. The van der Waals surface area contributed by atoms with Crippen molar-refractivity contribution in [2.45, 2.75) is 32.4 Å². The molecule has 5 heteroatoms. The van der Waals surface area contributed by atoms with Crippen LogP contribution < -0.4 is 4.74 Å². The van der Waals surface area contributed by atoms with E-state index in [1.165, 1.54) is 12.1 Å². The second kappa shape index (κ2) is 6.91. The van der Waals surface area contributed by atoms with Crippen molar-refractivity contribution in [1.82, 2.24) is 4.90 Å². The van der Waals surface area contributed by atoms with Crippen molar-refractivity contribution in [3.63, 3.8) is 0 Å². The number of benzene rings is 2. The minimum atomic E-state index is -0.562. The second-order valence-electron chi connectivity index (χ2n) is 5.90. The number of amides is 1. The van der Waals surface area contributed by atoms with Crippen LogP contribution in [0.2, 0.25) is 0 Å². The number of phenols is 1. The second-order valence-corrected chi connectivity index (χ2v) is 5.90. The lowest BCUT2D eigenvalue weighted by Gasteiger charge is -2.23. The molecular formula is C19H20FNO3. The predicted octanol–water partition coefficient (Wildman–Crippen LogP) is 3.73. The number of ether oxygens (including phenoxy) is 1. The van der Waals surface area contributed by atoms with Gasteiger partial charge in [0.25, 0.3) is 5.91 Å². The standard InChI is InChI=1S/C19H20FNO3/c1-2-24-16-8-3-13(4-9-16)12-21(15-6-7-15)19(23)17-10-5-14(20)11-18(17)22/h3-5,8-11,15,22H,2,6-7,12H2,1H3. The maximum absolute atomic E-state index is 13.1. The Bertz CT molecular complexity index is 726. The molecule has 2 aromatic carbocycles. The fourth-order valence-corrected chi connectivity index (χ4v) is 2.65. The molecule has 1 amide bonds.